The third kappa shape index (κ3) is 2.09. The minimum atomic E-state index is 0.304. The van der Waals surface area contributed by atoms with E-state index in [4.69, 9.17) is 18.0 Å². The van der Waals surface area contributed by atoms with Gasteiger partial charge in [0.25, 0.3) is 0 Å². The highest BCUT2D eigenvalue weighted by Gasteiger charge is 2.07. The Kier molecular flexibility index (Phi) is 2.96. The summed E-state index contributed by atoms with van der Waals surface area (Å²) in [6, 6.07) is 3.95. The van der Waals surface area contributed by atoms with E-state index >= 15 is 0 Å². The van der Waals surface area contributed by atoms with Crippen LogP contribution in [0.4, 0.5) is 0 Å². The molecule has 0 aliphatic rings. The second kappa shape index (κ2) is 4.40. The van der Waals surface area contributed by atoms with Crippen LogP contribution in [0, 0.1) is 6.92 Å². The van der Waals surface area contributed by atoms with Gasteiger partial charge in [0.1, 0.15) is 4.99 Å². The maximum atomic E-state index is 5.58. The zero-order valence-corrected chi connectivity index (χ0v) is 9.74. The number of imidazole rings is 1. The first-order valence-corrected chi connectivity index (χ1v) is 5.30. The van der Waals surface area contributed by atoms with E-state index in [9.17, 15) is 0 Å². The predicted octanol–water partition coefficient (Wildman–Crippen LogP) is 1.27. The number of thiocarbonyl (C=S) groups is 1. The smallest absolute Gasteiger partial charge is 0.167 e. The Hall–Kier alpha value is -1.75. The van der Waals surface area contributed by atoms with E-state index < -0.39 is 0 Å². The van der Waals surface area contributed by atoms with Crippen molar-refractivity contribution in [3.8, 4) is 0 Å². The monoisotopic (exact) mass is 232 g/mol. The van der Waals surface area contributed by atoms with Crippen LogP contribution in [0.15, 0.2) is 30.7 Å². The van der Waals surface area contributed by atoms with Gasteiger partial charge < -0.3 is 10.3 Å². The molecule has 2 heterocycles. The largest absolute Gasteiger partial charge is 0.387 e. The summed E-state index contributed by atoms with van der Waals surface area (Å²) < 4.78 is 1.90. The summed E-state index contributed by atoms with van der Waals surface area (Å²) in [7, 11) is 0. The first kappa shape index (κ1) is 10.8. The molecule has 2 aromatic rings. The van der Waals surface area contributed by atoms with E-state index in [1.807, 2.05) is 29.8 Å². The third-order valence-corrected chi connectivity index (χ3v) is 2.56. The molecular weight excluding hydrogens is 220 g/mol. The molecule has 0 aliphatic heterocycles. The Balaban J connectivity index is 2.31. The van der Waals surface area contributed by atoms with Crippen molar-refractivity contribution in [1.29, 1.82) is 0 Å². The van der Waals surface area contributed by atoms with Crippen LogP contribution in [0.3, 0.4) is 0 Å². The van der Waals surface area contributed by atoms with Crippen LogP contribution in [-0.2, 0) is 6.54 Å². The summed E-state index contributed by atoms with van der Waals surface area (Å²) in [5.74, 6) is 0.625. The maximum absolute atomic E-state index is 5.58. The van der Waals surface area contributed by atoms with Crippen LogP contribution in [0.1, 0.15) is 17.1 Å². The normalized spacial score (nSPS) is 10.3. The van der Waals surface area contributed by atoms with E-state index in [1.54, 1.807) is 12.4 Å². The number of aryl methyl sites for hydroxylation is 1. The molecular formula is C11H12N4S. The van der Waals surface area contributed by atoms with Crippen LogP contribution < -0.4 is 5.73 Å². The van der Waals surface area contributed by atoms with E-state index in [0.29, 0.717) is 17.4 Å². The summed E-state index contributed by atoms with van der Waals surface area (Å²) in [6.07, 6.45) is 5.31. The third-order valence-electron chi connectivity index (χ3n) is 2.37. The van der Waals surface area contributed by atoms with Gasteiger partial charge in [-0.25, -0.2) is 4.98 Å². The summed E-state index contributed by atoms with van der Waals surface area (Å²) in [5.41, 5.74) is 7.72. The lowest BCUT2D eigenvalue weighted by Gasteiger charge is -2.07. The summed E-state index contributed by atoms with van der Waals surface area (Å²) in [6.45, 7) is 2.67. The molecule has 0 radical (unpaired) electrons. The van der Waals surface area contributed by atoms with Gasteiger partial charge in [-0.2, -0.15) is 0 Å². The van der Waals surface area contributed by atoms with Crippen molar-refractivity contribution in [3.05, 3.63) is 47.8 Å². The fourth-order valence-corrected chi connectivity index (χ4v) is 1.68. The summed E-state index contributed by atoms with van der Waals surface area (Å²) in [5, 5.41) is 0. The SMILES string of the molecule is Cc1cccnc1Cn1ccnc1C(N)=S. The second-order valence-electron chi connectivity index (χ2n) is 3.51. The van der Waals surface area contributed by atoms with Crippen molar-refractivity contribution in [2.75, 3.05) is 0 Å². The van der Waals surface area contributed by atoms with Crippen molar-refractivity contribution < 1.29 is 0 Å². The molecule has 0 saturated carbocycles. The number of nitrogens with zero attached hydrogens (tertiary/aromatic N) is 3. The van der Waals surface area contributed by atoms with Crippen molar-refractivity contribution in [2.24, 2.45) is 5.73 Å². The van der Waals surface area contributed by atoms with Crippen LogP contribution in [0.25, 0.3) is 0 Å². The molecule has 0 unspecified atom stereocenters. The van der Waals surface area contributed by atoms with E-state index in [-0.39, 0.29) is 0 Å². The van der Waals surface area contributed by atoms with Crippen molar-refractivity contribution in [3.63, 3.8) is 0 Å². The zero-order valence-electron chi connectivity index (χ0n) is 8.92. The quantitative estimate of drug-likeness (QED) is 0.810. The van der Waals surface area contributed by atoms with Crippen LogP contribution in [0.5, 0.6) is 0 Å². The van der Waals surface area contributed by atoms with Gasteiger partial charge in [-0.15, -0.1) is 0 Å². The number of hydrogen-bond donors (Lipinski definition) is 1. The second-order valence-corrected chi connectivity index (χ2v) is 3.95. The number of hydrogen-bond acceptors (Lipinski definition) is 3. The molecule has 2 N–H and O–H groups in total. The molecule has 0 amide bonds. The van der Waals surface area contributed by atoms with Crippen LogP contribution >= 0.6 is 12.2 Å². The van der Waals surface area contributed by atoms with Gasteiger partial charge in [0.2, 0.25) is 0 Å². The lowest BCUT2D eigenvalue weighted by atomic mass is 10.2. The van der Waals surface area contributed by atoms with Gasteiger partial charge >= 0.3 is 0 Å². The Labute approximate surface area is 99.1 Å². The fourth-order valence-electron chi connectivity index (χ4n) is 1.51. The van der Waals surface area contributed by atoms with Gasteiger partial charge in [-0.1, -0.05) is 18.3 Å². The molecule has 0 atom stereocenters. The zero-order chi connectivity index (χ0) is 11.5. The van der Waals surface area contributed by atoms with Crippen LogP contribution in [0.2, 0.25) is 0 Å². The number of pyridine rings is 1. The highest BCUT2D eigenvalue weighted by atomic mass is 32.1. The molecule has 82 valence electrons. The first-order valence-electron chi connectivity index (χ1n) is 4.90. The van der Waals surface area contributed by atoms with Crippen molar-refractivity contribution in [2.45, 2.75) is 13.5 Å². The minimum absolute atomic E-state index is 0.304. The van der Waals surface area contributed by atoms with Gasteiger partial charge in [-0.05, 0) is 18.6 Å². The van der Waals surface area contributed by atoms with E-state index in [0.717, 1.165) is 11.3 Å². The van der Waals surface area contributed by atoms with Gasteiger partial charge in [0, 0.05) is 18.6 Å². The van der Waals surface area contributed by atoms with E-state index in [2.05, 4.69) is 9.97 Å². The van der Waals surface area contributed by atoms with Gasteiger partial charge in [0.05, 0.1) is 12.2 Å². The highest BCUT2D eigenvalue weighted by molar-refractivity contribution is 7.80. The summed E-state index contributed by atoms with van der Waals surface area (Å²) in [4.78, 5) is 8.74. The molecule has 2 aromatic heterocycles. The molecule has 0 saturated heterocycles. The highest BCUT2D eigenvalue weighted by Crippen LogP contribution is 2.07. The first-order chi connectivity index (χ1) is 7.68. The number of rotatable bonds is 3. The predicted molar refractivity (Wildman–Crippen MR) is 66.2 cm³/mol. The Morgan fingerprint density at radius 2 is 2.25 bits per heavy atom. The Morgan fingerprint density at radius 3 is 2.94 bits per heavy atom. The van der Waals surface area contributed by atoms with Crippen molar-refractivity contribution in [1.82, 2.24) is 14.5 Å². The minimum Gasteiger partial charge on any atom is -0.387 e. The number of aromatic nitrogens is 3. The average molecular weight is 232 g/mol. The standard InChI is InChI=1S/C11H12N4S/c1-8-3-2-4-13-9(8)7-15-6-5-14-11(15)10(12)16/h2-6H,7H2,1H3,(H2,12,16). The van der Waals surface area contributed by atoms with Gasteiger partial charge in [0.15, 0.2) is 5.82 Å². The summed E-state index contributed by atoms with van der Waals surface area (Å²) >= 11 is 4.93. The number of nitrogens with two attached hydrogens (primary N) is 1. The average Bonchev–Trinajstić information content (AvgIpc) is 2.69. The van der Waals surface area contributed by atoms with Gasteiger partial charge in [-0.3, -0.25) is 4.98 Å². The lowest BCUT2D eigenvalue weighted by molar-refractivity contribution is 0.759. The van der Waals surface area contributed by atoms with E-state index in [1.165, 1.54) is 0 Å². The molecule has 0 spiro atoms. The molecule has 0 aliphatic carbocycles. The molecule has 0 aromatic carbocycles. The Morgan fingerprint density at radius 1 is 1.44 bits per heavy atom. The van der Waals surface area contributed by atoms with Crippen LogP contribution in [-0.4, -0.2) is 19.5 Å². The molecule has 2 rings (SSSR count). The molecule has 5 heteroatoms. The lowest BCUT2D eigenvalue weighted by Crippen LogP contribution is -2.17. The Bertz CT molecular complexity index is 518. The maximum Gasteiger partial charge on any atom is 0.167 e. The van der Waals surface area contributed by atoms with Crippen molar-refractivity contribution >= 4 is 17.2 Å². The molecule has 4 nitrogen and oxygen atoms in total. The molecule has 16 heavy (non-hydrogen) atoms. The molecule has 0 fully saturated rings. The topological polar surface area (TPSA) is 56.7 Å². The molecule has 0 bridgehead atoms. The fraction of sp³-hybridized carbons (Fsp3) is 0.182.